The zero-order valence-corrected chi connectivity index (χ0v) is 15.0. The van der Waals surface area contributed by atoms with Crippen molar-refractivity contribution in [2.75, 3.05) is 18.4 Å². The van der Waals surface area contributed by atoms with Crippen LogP contribution in [0.3, 0.4) is 0 Å². The Labute approximate surface area is 153 Å². The minimum atomic E-state index is -0.0614. The first-order valence-electron chi connectivity index (χ1n) is 9.03. The molecule has 1 aromatic carbocycles. The Morgan fingerprint density at radius 1 is 1.23 bits per heavy atom. The van der Waals surface area contributed by atoms with Gasteiger partial charge in [-0.15, -0.1) is 0 Å². The lowest BCUT2D eigenvalue weighted by Crippen LogP contribution is -2.39. The van der Waals surface area contributed by atoms with Crippen LogP contribution in [0.15, 0.2) is 42.9 Å². The molecule has 1 fully saturated rings. The normalized spacial score (nSPS) is 14.9. The van der Waals surface area contributed by atoms with Gasteiger partial charge in [0.15, 0.2) is 0 Å². The van der Waals surface area contributed by atoms with Gasteiger partial charge in [-0.05, 0) is 49.8 Å². The van der Waals surface area contributed by atoms with Crippen molar-refractivity contribution in [3.05, 3.63) is 54.1 Å². The number of aryl methyl sites for hydroxylation is 1. The summed E-state index contributed by atoms with van der Waals surface area (Å²) >= 11 is 0. The van der Waals surface area contributed by atoms with E-state index in [9.17, 15) is 9.59 Å². The van der Waals surface area contributed by atoms with Crippen LogP contribution in [0.2, 0.25) is 0 Å². The number of amides is 2. The van der Waals surface area contributed by atoms with E-state index in [4.69, 9.17) is 0 Å². The highest BCUT2D eigenvalue weighted by molar-refractivity contribution is 5.92. The molecule has 0 bridgehead atoms. The second kappa shape index (κ2) is 8.56. The van der Waals surface area contributed by atoms with Crippen LogP contribution in [-0.2, 0) is 4.79 Å². The minimum absolute atomic E-state index is 0.0497. The van der Waals surface area contributed by atoms with Gasteiger partial charge < -0.3 is 10.2 Å². The number of nitrogens with zero attached hydrogens (tertiary/aromatic N) is 3. The number of carbonyl (C=O) groups excluding carboxylic acids is 2. The van der Waals surface area contributed by atoms with Crippen molar-refractivity contribution in [1.29, 1.82) is 0 Å². The van der Waals surface area contributed by atoms with E-state index >= 15 is 0 Å². The van der Waals surface area contributed by atoms with E-state index in [1.165, 1.54) is 12.4 Å². The SMILES string of the molecule is Cc1cccc(NC(=O)CCC2CCN(C(=O)c3cnccn3)CC2)c1. The standard InChI is InChI=1S/C20H24N4O2/c1-15-3-2-4-17(13-15)23-19(25)6-5-16-7-11-24(12-8-16)20(26)18-14-21-9-10-22-18/h2-4,9-10,13-14,16H,5-8,11-12H2,1H3,(H,23,25). The van der Waals surface area contributed by atoms with Crippen molar-refractivity contribution >= 4 is 17.5 Å². The van der Waals surface area contributed by atoms with E-state index in [-0.39, 0.29) is 11.8 Å². The number of hydrogen-bond donors (Lipinski definition) is 1. The summed E-state index contributed by atoms with van der Waals surface area (Å²) in [6.07, 6.45) is 7.80. The van der Waals surface area contributed by atoms with Gasteiger partial charge in [-0.2, -0.15) is 0 Å². The smallest absolute Gasteiger partial charge is 0.274 e. The molecule has 1 aliphatic rings. The van der Waals surface area contributed by atoms with Crippen molar-refractivity contribution in [3.8, 4) is 0 Å². The minimum Gasteiger partial charge on any atom is -0.337 e. The first-order valence-corrected chi connectivity index (χ1v) is 9.03. The maximum absolute atomic E-state index is 12.4. The summed E-state index contributed by atoms with van der Waals surface area (Å²) in [7, 11) is 0. The fourth-order valence-electron chi connectivity index (χ4n) is 3.28. The number of anilines is 1. The number of carbonyl (C=O) groups is 2. The second-order valence-corrected chi connectivity index (χ2v) is 6.78. The molecule has 1 aromatic heterocycles. The molecular formula is C20H24N4O2. The van der Waals surface area contributed by atoms with E-state index in [0.29, 0.717) is 31.1 Å². The highest BCUT2D eigenvalue weighted by atomic mass is 16.2. The van der Waals surface area contributed by atoms with E-state index in [1.807, 2.05) is 36.1 Å². The predicted molar refractivity (Wildman–Crippen MR) is 99.7 cm³/mol. The van der Waals surface area contributed by atoms with Gasteiger partial charge in [-0.1, -0.05) is 12.1 Å². The molecule has 0 saturated carbocycles. The summed E-state index contributed by atoms with van der Waals surface area (Å²) in [5, 5.41) is 2.95. The van der Waals surface area contributed by atoms with E-state index in [1.54, 1.807) is 6.20 Å². The molecule has 0 aliphatic carbocycles. The largest absolute Gasteiger partial charge is 0.337 e. The number of rotatable bonds is 5. The van der Waals surface area contributed by atoms with Crippen LogP contribution in [0.1, 0.15) is 41.7 Å². The Balaban J connectivity index is 1.41. The second-order valence-electron chi connectivity index (χ2n) is 6.78. The fraction of sp³-hybridized carbons (Fsp3) is 0.400. The Morgan fingerprint density at radius 2 is 2.04 bits per heavy atom. The molecule has 136 valence electrons. The lowest BCUT2D eigenvalue weighted by molar-refractivity contribution is -0.116. The Bertz CT molecular complexity index is 755. The molecule has 0 spiro atoms. The monoisotopic (exact) mass is 352 g/mol. The molecule has 1 saturated heterocycles. The molecule has 26 heavy (non-hydrogen) atoms. The zero-order chi connectivity index (χ0) is 18.4. The molecule has 0 atom stereocenters. The molecule has 2 aromatic rings. The molecule has 6 nitrogen and oxygen atoms in total. The van der Waals surface area contributed by atoms with Crippen LogP contribution in [0.25, 0.3) is 0 Å². The zero-order valence-electron chi connectivity index (χ0n) is 15.0. The van der Waals surface area contributed by atoms with Crippen molar-refractivity contribution in [1.82, 2.24) is 14.9 Å². The molecule has 1 aliphatic heterocycles. The van der Waals surface area contributed by atoms with Gasteiger partial charge in [0.25, 0.3) is 5.91 Å². The first kappa shape index (κ1) is 18.0. The number of hydrogen-bond acceptors (Lipinski definition) is 4. The summed E-state index contributed by atoms with van der Waals surface area (Å²) in [6.45, 7) is 3.42. The van der Waals surface area contributed by atoms with Crippen LogP contribution < -0.4 is 5.32 Å². The third-order valence-corrected chi connectivity index (χ3v) is 4.77. The maximum Gasteiger partial charge on any atom is 0.274 e. The van der Waals surface area contributed by atoms with Gasteiger partial charge in [0.2, 0.25) is 5.91 Å². The fourth-order valence-corrected chi connectivity index (χ4v) is 3.28. The van der Waals surface area contributed by atoms with Crippen molar-refractivity contribution in [3.63, 3.8) is 0 Å². The topological polar surface area (TPSA) is 75.2 Å². The first-order chi connectivity index (χ1) is 12.6. The number of benzene rings is 1. The molecule has 0 radical (unpaired) electrons. The number of piperidine rings is 1. The van der Waals surface area contributed by atoms with Crippen molar-refractivity contribution in [2.24, 2.45) is 5.92 Å². The number of aromatic nitrogens is 2. The maximum atomic E-state index is 12.4. The Hall–Kier alpha value is -2.76. The van der Waals surface area contributed by atoms with E-state index in [2.05, 4.69) is 15.3 Å². The molecule has 2 amide bonds. The van der Waals surface area contributed by atoms with Gasteiger partial charge in [0, 0.05) is 37.6 Å². The molecule has 2 heterocycles. The van der Waals surface area contributed by atoms with E-state index in [0.717, 1.165) is 30.5 Å². The summed E-state index contributed by atoms with van der Waals surface area (Å²) in [6, 6.07) is 7.82. The molecule has 1 N–H and O–H groups in total. The molecule has 6 heteroatoms. The third-order valence-electron chi connectivity index (χ3n) is 4.77. The molecule has 0 unspecified atom stereocenters. The van der Waals surface area contributed by atoms with Crippen LogP contribution >= 0.6 is 0 Å². The lowest BCUT2D eigenvalue weighted by Gasteiger charge is -2.31. The summed E-state index contributed by atoms with van der Waals surface area (Å²) in [5.74, 6) is 0.464. The quantitative estimate of drug-likeness (QED) is 0.897. The third kappa shape index (κ3) is 4.88. The van der Waals surface area contributed by atoms with E-state index < -0.39 is 0 Å². The van der Waals surface area contributed by atoms with Crippen molar-refractivity contribution in [2.45, 2.75) is 32.6 Å². The average molecular weight is 352 g/mol. The van der Waals surface area contributed by atoms with Gasteiger partial charge in [0.05, 0.1) is 6.20 Å². The van der Waals surface area contributed by atoms with Gasteiger partial charge in [-0.3, -0.25) is 14.6 Å². The van der Waals surface area contributed by atoms with Gasteiger partial charge >= 0.3 is 0 Å². The van der Waals surface area contributed by atoms with Gasteiger partial charge in [-0.25, -0.2) is 4.98 Å². The summed E-state index contributed by atoms with van der Waals surface area (Å²) in [5.41, 5.74) is 2.37. The molecular weight excluding hydrogens is 328 g/mol. The van der Waals surface area contributed by atoms with Crippen LogP contribution in [0.5, 0.6) is 0 Å². The predicted octanol–water partition coefficient (Wildman–Crippen LogP) is 3.06. The van der Waals surface area contributed by atoms with Gasteiger partial charge in [0.1, 0.15) is 5.69 Å². The van der Waals surface area contributed by atoms with Crippen LogP contribution in [0, 0.1) is 12.8 Å². The number of likely N-dealkylation sites (tertiary alicyclic amines) is 1. The summed E-state index contributed by atoms with van der Waals surface area (Å²) in [4.78, 5) is 34.3. The highest BCUT2D eigenvalue weighted by Gasteiger charge is 2.24. The van der Waals surface area contributed by atoms with Crippen LogP contribution in [-0.4, -0.2) is 39.8 Å². The summed E-state index contributed by atoms with van der Waals surface area (Å²) < 4.78 is 0. The Morgan fingerprint density at radius 3 is 2.73 bits per heavy atom. The van der Waals surface area contributed by atoms with Crippen molar-refractivity contribution < 1.29 is 9.59 Å². The molecule has 3 rings (SSSR count). The Kier molecular flexibility index (Phi) is 5.94. The highest BCUT2D eigenvalue weighted by Crippen LogP contribution is 2.23. The average Bonchev–Trinajstić information content (AvgIpc) is 2.67. The number of nitrogens with one attached hydrogen (secondary N) is 1. The van der Waals surface area contributed by atoms with Crippen LogP contribution in [0.4, 0.5) is 5.69 Å². The lowest BCUT2D eigenvalue weighted by atomic mass is 9.92.